The zero-order valence-corrected chi connectivity index (χ0v) is 14.8. The van der Waals surface area contributed by atoms with Crippen LogP contribution >= 0.6 is 11.3 Å². The molecule has 0 fully saturated rings. The highest BCUT2D eigenvalue weighted by Gasteiger charge is 2.21. The Balaban J connectivity index is 2.76. The Kier molecular flexibility index (Phi) is 7.55. The van der Waals surface area contributed by atoms with Crippen LogP contribution in [0.3, 0.4) is 0 Å². The van der Waals surface area contributed by atoms with Crippen LogP contribution in [-0.4, -0.2) is 31.1 Å². The van der Waals surface area contributed by atoms with Crippen molar-refractivity contribution in [3.8, 4) is 0 Å². The third-order valence-electron chi connectivity index (χ3n) is 3.05. The van der Waals surface area contributed by atoms with Crippen LogP contribution < -0.4 is 10.6 Å². The Morgan fingerprint density at radius 1 is 1.32 bits per heavy atom. The van der Waals surface area contributed by atoms with E-state index in [0.717, 1.165) is 18.5 Å². The minimum absolute atomic E-state index is 0.146. The molecule has 2 N–H and O–H groups in total. The number of amides is 1. The quantitative estimate of drug-likeness (QED) is 0.720. The van der Waals surface area contributed by atoms with Gasteiger partial charge < -0.3 is 15.4 Å². The molecular formula is C16H26N2O3S. The molecule has 0 spiro atoms. The van der Waals surface area contributed by atoms with Crippen LogP contribution in [0.25, 0.3) is 0 Å². The lowest BCUT2D eigenvalue weighted by Gasteiger charge is -2.14. The van der Waals surface area contributed by atoms with E-state index in [1.165, 1.54) is 11.3 Å². The number of carbonyl (C=O) groups excluding carboxylic acids is 2. The van der Waals surface area contributed by atoms with Crippen LogP contribution in [0.15, 0.2) is 5.38 Å². The van der Waals surface area contributed by atoms with Crippen LogP contribution in [0.4, 0.5) is 5.69 Å². The van der Waals surface area contributed by atoms with Crippen LogP contribution in [0, 0.1) is 12.8 Å². The zero-order chi connectivity index (χ0) is 16.7. The summed E-state index contributed by atoms with van der Waals surface area (Å²) in [6.07, 6.45) is 0.960. The van der Waals surface area contributed by atoms with Gasteiger partial charge in [-0.25, -0.2) is 4.79 Å². The fourth-order valence-electron chi connectivity index (χ4n) is 1.74. The van der Waals surface area contributed by atoms with Crippen molar-refractivity contribution in [2.24, 2.45) is 5.92 Å². The van der Waals surface area contributed by atoms with Gasteiger partial charge in [0.05, 0.1) is 18.3 Å². The maximum Gasteiger partial charge on any atom is 0.350 e. The standard InChI is InChI=1S/C16H26N2O3S/c1-6-7-17-12(5)15(19)18-13-11(4)9-22-14(13)16(20)21-8-10(2)3/h9-10,12,17H,6-8H2,1-5H3,(H,18,19). The highest BCUT2D eigenvalue weighted by Crippen LogP contribution is 2.28. The number of carbonyl (C=O) groups is 2. The second-order valence-electron chi connectivity index (χ2n) is 5.78. The second kappa shape index (κ2) is 8.90. The lowest BCUT2D eigenvalue weighted by atomic mass is 10.2. The largest absolute Gasteiger partial charge is 0.461 e. The van der Waals surface area contributed by atoms with E-state index in [0.29, 0.717) is 17.2 Å². The number of nitrogens with one attached hydrogen (secondary N) is 2. The molecule has 1 heterocycles. The molecule has 1 amide bonds. The van der Waals surface area contributed by atoms with Crippen molar-refractivity contribution in [1.29, 1.82) is 0 Å². The van der Waals surface area contributed by atoms with Crippen molar-refractivity contribution in [1.82, 2.24) is 5.32 Å². The van der Waals surface area contributed by atoms with E-state index >= 15 is 0 Å². The molecule has 0 aromatic carbocycles. The van der Waals surface area contributed by atoms with Gasteiger partial charge in [-0.1, -0.05) is 20.8 Å². The first kappa shape index (κ1) is 18.6. The SMILES string of the molecule is CCCNC(C)C(=O)Nc1c(C)csc1C(=O)OCC(C)C. The topological polar surface area (TPSA) is 67.4 Å². The van der Waals surface area contributed by atoms with Crippen LogP contribution in [0.1, 0.15) is 49.4 Å². The lowest BCUT2D eigenvalue weighted by Crippen LogP contribution is -2.38. The third-order valence-corrected chi connectivity index (χ3v) is 4.13. The molecule has 0 aliphatic rings. The van der Waals surface area contributed by atoms with Crippen molar-refractivity contribution in [2.75, 3.05) is 18.5 Å². The number of anilines is 1. The monoisotopic (exact) mass is 326 g/mol. The molecule has 1 unspecified atom stereocenters. The number of esters is 1. The third kappa shape index (κ3) is 5.42. The summed E-state index contributed by atoms with van der Waals surface area (Å²) >= 11 is 1.30. The summed E-state index contributed by atoms with van der Waals surface area (Å²) in [6, 6.07) is -0.307. The summed E-state index contributed by atoms with van der Waals surface area (Å²) in [7, 11) is 0. The van der Waals surface area contributed by atoms with Gasteiger partial charge in [0, 0.05) is 0 Å². The molecule has 0 saturated carbocycles. The number of aryl methyl sites for hydroxylation is 1. The highest BCUT2D eigenvalue weighted by atomic mass is 32.1. The van der Waals surface area contributed by atoms with Crippen LogP contribution in [0.5, 0.6) is 0 Å². The first-order valence-corrected chi connectivity index (χ1v) is 8.54. The Labute approximate surface area is 136 Å². The van der Waals surface area contributed by atoms with Gasteiger partial charge in [-0.05, 0) is 43.7 Å². The first-order chi connectivity index (χ1) is 10.4. The predicted molar refractivity (Wildman–Crippen MR) is 90.6 cm³/mol. The van der Waals surface area contributed by atoms with E-state index in [2.05, 4.69) is 10.6 Å². The van der Waals surface area contributed by atoms with Gasteiger partial charge >= 0.3 is 5.97 Å². The molecule has 5 nitrogen and oxygen atoms in total. The smallest absolute Gasteiger partial charge is 0.350 e. The Morgan fingerprint density at radius 2 is 2.00 bits per heavy atom. The number of ether oxygens (including phenoxy) is 1. The Hall–Kier alpha value is -1.40. The van der Waals surface area contributed by atoms with Gasteiger partial charge in [0.15, 0.2) is 0 Å². The highest BCUT2D eigenvalue weighted by molar-refractivity contribution is 7.12. The fourth-order valence-corrected chi connectivity index (χ4v) is 2.64. The minimum Gasteiger partial charge on any atom is -0.461 e. The second-order valence-corrected chi connectivity index (χ2v) is 6.66. The molecule has 1 rings (SSSR count). The van der Waals surface area contributed by atoms with Gasteiger partial charge in [-0.3, -0.25) is 4.79 Å². The average Bonchev–Trinajstić information content (AvgIpc) is 2.83. The average molecular weight is 326 g/mol. The molecule has 0 radical (unpaired) electrons. The van der Waals surface area contributed by atoms with Crippen molar-refractivity contribution >= 4 is 28.9 Å². The molecule has 22 heavy (non-hydrogen) atoms. The fraction of sp³-hybridized carbons (Fsp3) is 0.625. The maximum atomic E-state index is 12.2. The van der Waals surface area contributed by atoms with E-state index in [4.69, 9.17) is 4.74 Å². The summed E-state index contributed by atoms with van der Waals surface area (Å²) in [5, 5.41) is 7.82. The normalized spacial score (nSPS) is 12.3. The Morgan fingerprint density at radius 3 is 2.59 bits per heavy atom. The minimum atomic E-state index is -0.378. The number of rotatable bonds is 8. The molecule has 0 bridgehead atoms. The summed E-state index contributed by atoms with van der Waals surface area (Å²) < 4.78 is 5.26. The van der Waals surface area contributed by atoms with Crippen LogP contribution in [-0.2, 0) is 9.53 Å². The summed E-state index contributed by atoms with van der Waals surface area (Å²) in [5.74, 6) is -0.245. The summed E-state index contributed by atoms with van der Waals surface area (Å²) in [5.41, 5.74) is 1.44. The van der Waals surface area contributed by atoms with Gasteiger partial charge in [0.1, 0.15) is 4.88 Å². The van der Waals surface area contributed by atoms with E-state index in [9.17, 15) is 9.59 Å². The number of hydrogen-bond donors (Lipinski definition) is 2. The van der Waals surface area contributed by atoms with Crippen LogP contribution in [0.2, 0.25) is 0 Å². The van der Waals surface area contributed by atoms with E-state index in [1.807, 2.05) is 40.0 Å². The molecule has 124 valence electrons. The molecule has 0 saturated heterocycles. The summed E-state index contributed by atoms with van der Waals surface area (Å²) in [4.78, 5) is 24.8. The van der Waals surface area contributed by atoms with E-state index in [1.54, 1.807) is 0 Å². The predicted octanol–water partition coefficient (Wildman–Crippen LogP) is 3.20. The van der Waals surface area contributed by atoms with E-state index in [-0.39, 0.29) is 23.8 Å². The number of hydrogen-bond acceptors (Lipinski definition) is 5. The summed E-state index contributed by atoms with van der Waals surface area (Å²) in [6.45, 7) is 10.8. The van der Waals surface area contributed by atoms with Crippen molar-refractivity contribution in [3.63, 3.8) is 0 Å². The van der Waals surface area contributed by atoms with E-state index < -0.39 is 0 Å². The molecule has 0 aliphatic heterocycles. The molecule has 0 aliphatic carbocycles. The number of thiophene rings is 1. The lowest BCUT2D eigenvalue weighted by molar-refractivity contribution is -0.117. The van der Waals surface area contributed by atoms with Gasteiger partial charge in [0.2, 0.25) is 5.91 Å². The molecule has 1 atom stereocenters. The van der Waals surface area contributed by atoms with Gasteiger partial charge in [-0.2, -0.15) is 0 Å². The molecule has 6 heteroatoms. The van der Waals surface area contributed by atoms with Gasteiger partial charge in [-0.15, -0.1) is 11.3 Å². The molecular weight excluding hydrogens is 300 g/mol. The van der Waals surface area contributed by atoms with Gasteiger partial charge in [0.25, 0.3) is 0 Å². The van der Waals surface area contributed by atoms with Crippen molar-refractivity contribution in [2.45, 2.75) is 47.1 Å². The molecule has 1 aromatic rings. The maximum absolute atomic E-state index is 12.2. The van der Waals surface area contributed by atoms with Crippen molar-refractivity contribution in [3.05, 3.63) is 15.8 Å². The Bertz CT molecular complexity index is 511. The zero-order valence-electron chi connectivity index (χ0n) is 14.0. The first-order valence-electron chi connectivity index (χ1n) is 7.66. The molecule has 1 aromatic heterocycles. The van der Waals surface area contributed by atoms with Crippen molar-refractivity contribution < 1.29 is 14.3 Å².